The van der Waals surface area contributed by atoms with Gasteiger partial charge in [-0.05, 0) is 47.9 Å². The van der Waals surface area contributed by atoms with Gasteiger partial charge in [0.05, 0.1) is 0 Å². The number of rotatable bonds is 8. The minimum atomic E-state index is -1.35. The number of aromatic nitrogens is 4. The molecular weight excluding hydrogens is 548 g/mol. The van der Waals surface area contributed by atoms with Crippen LogP contribution in [0.5, 0.6) is 11.6 Å². The van der Waals surface area contributed by atoms with Gasteiger partial charge in [-0.25, -0.2) is 28.0 Å². The first kappa shape index (κ1) is 27.9. The highest BCUT2D eigenvalue weighted by atomic mass is 19.1. The number of carbonyl (C=O) groups excluding carboxylic acids is 1. The molecule has 3 aromatic carbocycles. The van der Waals surface area contributed by atoms with Gasteiger partial charge in [0.1, 0.15) is 17.4 Å². The second-order valence-electron chi connectivity index (χ2n) is 9.10. The smallest absolute Gasteiger partial charge is 0.413 e. The molecule has 10 nitrogen and oxygen atoms in total. The zero-order valence-electron chi connectivity index (χ0n) is 22.3. The Labute approximate surface area is 238 Å². The first-order chi connectivity index (χ1) is 20.2. The predicted octanol–water partition coefficient (Wildman–Crippen LogP) is 6.62. The summed E-state index contributed by atoms with van der Waals surface area (Å²) in [6, 6.07) is 20.6. The van der Waals surface area contributed by atoms with Crippen molar-refractivity contribution >= 4 is 17.9 Å². The van der Waals surface area contributed by atoms with E-state index in [1.165, 1.54) is 23.0 Å². The normalized spacial score (nSPS) is 11.5. The van der Waals surface area contributed by atoms with E-state index in [-0.39, 0.29) is 11.1 Å². The summed E-state index contributed by atoms with van der Waals surface area (Å²) in [5.41, 5.74) is 2.11. The number of ether oxygens (including phenoxy) is 2. The van der Waals surface area contributed by atoms with Crippen LogP contribution in [0.15, 0.2) is 85.1 Å². The number of halogens is 2. The number of carboxylic acid groups (broad SMARTS) is 1. The fourth-order valence-electron chi connectivity index (χ4n) is 4.15. The Morgan fingerprint density at radius 2 is 1.60 bits per heavy atom. The summed E-state index contributed by atoms with van der Waals surface area (Å²) in [7, 11) is 1.61. The summed E-state index contributed by atoms with van der Waals surface area (Å²) in [6.07, 6.45) is 0.0691. The number of hydrogen-bond donors (Lipinski definition) is 2. The first-order valence-electron chi connectivity index (χ1n) is 12.6. The number of anilines is 1. The van der Waals surface area contributed by atoms with Crippen molar-refractivity contribution in [3.63, 3.8) is 0 Å². The molecule has 5 aromatic rings. The number of carbonyl (C=O) groups is 2. The molecule has 2 N–H and O–H groups in total. The van der Waals surface area contributed by atoms with Crippen LogP contribution in [0.3, 0.4) is 0 Å². The monoisotopic (exact) mass is 571 g/mol. The van der Waals surface area contributed by atoms with Crippen molar-refractivity contribution in [1.82, 2.24) is 20.0 Å². The second kappa shape index (κ2) is 11.8. The molecule has 0 radical (unpaired) electrons. The molecule has 0 aliphatic rings. The number of aromatic carboxylic acids is 1. The van der Waals surface area contributed by atoms with Crippen molar-refractivity contribution in [3.05, 3.63) is 108 Å². The van der Waals surface area contributed by atoms with Crippen LogP contribution >= 0.6 is 0 Å². The number of nitrogens with one attached hydrogen (secondary N) is 1. The number of aryl methyl sites for hydroxylation is 1. The third-order valence-electron chi connectivity index (χ3n) is 6.29. The Kier molecular flexibility index (Phi) is 7.87. The minimum Gasteiger partial charge on any atom is -0.477 e. The van der Waals surface area contributed by atoms with Crippen molar-refractivity contribution in [3.8, 4) is 34.0 Å². The Hall–Kier alpha value is -5.65. The standard InChI is InChI=1S/C30H23F2N5O5/c1-17(18-7-4-3-5-8-18)41-30(40)34-27-25(35-36-37(27)2)20-12-10-19(11-13-20)21-15-23(31)26(24(32)16-21)42-28-22(29(38)39)9-6-14-33-28/h3-17H,1-2H3,(H,34,40)(H,38,39)/t17-/m1/s1. The van der Waals surface area contributed by atoms with Crippen LogP contribution in [0.4, 0.5) is 19.4 Å². The second-order valence-corrected chi connectivity index (χ2v) is 9.10. The third-order valence-corrected chi connectivity index (χ3v) is 6.29. The predicted molar refractivity (Wildman–Crippen MR) is 148 cm³/mol. The lowest BCUT2D eigenvalue weighted by Crippen LogP contribution is -2.18. The van der Waals surface area contributed by atoms with Crippen LogP contribution in [0.25, 0.3) is 22.4 Å². The lowest BCUT2D eigenvalue weighted by molar-refractivity contribution is 0.0693. The van der Waals surface area contributed by atoms with Gasteiger partial charge in [0.25, 0.3) is 0 Å². The zero-order valence-corrected chi connectivity index (χ0v) is 22.3. The fourth-order valence-corrected chi connectivity index (χ4v) is 4.15. The Bertz CT molecular complexity index is 1740. The van der Waals surface area contributed by atoms with Crippen molar-refractivity contribution in [1.29, 1.82) is 0 Å². The Morgan fingerprint density at radius 3 is 2.26 bits per heavy atom. The highest BCUT2D eigenvalue weighted by Gasteiger charge is 2.21. The van der Waals surface area contributed by atoms with Crippen molar-refractivity contribution < 1.29 is 33.0 Å². The van der Waals surface area contributed by atoms with Crippen LogP contribution in [0.1, 0.15) is 28.9 Å². The van der Waals surface area contributed by atoms with Crippen LogP contribution in [-0.2, 0) is 11.8 Å². The van der Waals surface area contributed by atoms with Gasteiger partial charge >= 0.3 is 12.1 Å². The number of hydrogen-bond acceptors (Lipinski definition) is 7. The van der Waals surface area contributed by atoms with Crippen LogP contribution in [0.2, 0.25) is 0 Å². The topological polar surface area (TPSA) is 128 Å². The van der Waals surface area contributed by atoms with Gasteiger partial charge in [-0.2, -0.15) is 0 Å². The van der Waals surface area contributed by atoms with Gasteiger partial charge in [0.2, 0.25) is 11.6 Å². The molecule has 0 bridgehead atoms. The quantitative estimate of drug-likeness (QED) is 0.213. The van der Waals surface area contributed by atoms with Crippen molar-refractivity contribution in [2.75, 3.05) is 5.32 Å². The maximum absolute atomic E-state index is 14.9. The summed E-state index contributed by atoms with van der Waals surface area (Å²) < 4.78 is 41.9. The maximum Gasteiger partial charge on any atom is 0.413 e. The van der Waals surface area contributed by atoms with Gasteiger partial charge in [-0.15, -0.1) is 5.10 Å². The molecule has 212 valence electrons. The van der Waals surface area contributed by atoms with Gasteiger partial charge in [0, 0.05) is 18.8 Å². The van der Waals surface area contributed by atoms with E-state index in [4.69, 9.17) is 9.47 Å². The van der Waals surface area contributed by atoms with E-state index in [1.807, 2.05) is 30.3 Å². The van der Waals surface area contributed by atoms with Crippen molar-refractivity contribution in [2.24, 2.45) is 7.05 Å². The van der Waals surface area contributed by atoms with Gasteiger partial charge in [-0.1, -0.05) is 59.8 Å². The molecule has 42 heavy (non-hydrogen) atoms. The maximum atomic E-state index is 14.9. The summed E-state index contributed by atoms with van der Waals surface area (Å²) >= 11 is 0. The molecule has 0 saturated carbocycles. The molecule has 2 aromatic heterocycles. The number of amides is 1. The highest BCUT2D eigenvalue weighted by Crippen LogP contribution is 2.34. The number of benzene rings is 3. The molecule has 0 fully saturated rings. The SMILES string of the molecule is C[C@@H](OC(=O)Nc1c(-c2ccc(-c3cc(F)c(Oc4ncccc4C(=O)O)c(F)c3)cc2)nnn1C)c1ccccc1. The molecule has 0 saturated heterocycles. The van der Waals surface area contributed by atoms with E-state index < -0.39 is 41.4 Å². The van der Waals surface area contributed by atoms with Crippen LogP contribution < -0.4 is 10.1 Å². The molecule has 1 atom stereocenters. The fraction of sp³-hybridized carbons (Fsp3) is 0.100. The first-order valence-corrected chi connectivity index (χ1v) is 12.6. The summed E-state index contributed by atoms with van der Waals surface area (Å²) in [5, 5.41) is 20.1. The third kappa shape index (κ3) is 5.92. The molecular formula is C30H23F2N5O5. The molecule has 1 amide bonds. The van der Waals surface area contributed by atoms with Crippen molar-refractivity contribution in [2.45, 2.75) is 13.0 Å². The van der Waals surface area contributed by atoms with Crippen LogP contribution in [-0.4, -0.2) is 37.1 Å². The van der Waals surface area contributed by atoms with E-state index in [0.29, 0.717) is 22.6 Å². The summed E-state index contributed by atoms with van der Waals surface area (Å²) in [6.45, 7) is 1.76. The molecule has 0 aliphatic heterocycles. The summed E-state index contributed by atoms with van der Waals surface area (Å²) in [4.78, 5) is 27.8. The number of pyridine rings is 1. The van der Waals surface area contributed by atoms with Gasteiger partial charge in [0.15, 0.2) is 17.5 Å². The Morgan fingerprint density at radius 1 is 0.929 bits per heavy atom. The average molecular weight is 572 g/mol. The highest BCUT2D eigenvalue weighted by molar-refractivity contribution is 5.90. The summed E-state index contributed by atoms with van der Waals surface area (Å²) in [5.74, 6) is -4.36. The largest absolute Gasteiger partial charge is 0.477 e. The molecule has 0 spiro atoms. The van der Waals surface area contributed by atoms with Crippen LogP contribution in [0, 0.1) is 11.6 Å². The van der Waals surface area contributed by atoms with E-state index in [1.54, 1.807) is 38.2 Å². The molecule has 5 rings (SSSR count). The zero-order chi connectivity index (χ0) is 29.8. The van der Waals surface area contributed by atoms with Gasteiger partial charge in [-0.3, -0.25) is 5.32 Å². The number of nitrogens with zero attached hydrogens (tertiary/aromatic N) is 4. The molecule has 0 aliphatic carbocycles. The molecule has 12 heteroatoms. The Balaban J connectivity index is 1.34. The van der Waals surface area contributed by atoms with E-state index in [9.17, 15) is 23.5 Å². The number of carboxylic acids is 1. The lowest BCUT2D eigenvalue weighted by Gasteiger charge is -2.14. The van der Waals surface area contributed by atoms with E-state index in [2.05, 4.69) is 20.6 Å². The van der Waals surface area contributed by atoms with E-state index >= 15 is 0 Å². The van der Waals surface area contributed by atoms with Gasteiger partial charge < -0.3 is 14.6 Å². The molecule has 2 heterocycles. The average Bonchev–Trinajstić information content (AvgIpc) is 3.34. The van der Waals surface area contributed by atoms with E-state index in [0.717, 1.165) is 17.7 Å². The molecule has 0 unspecified atom stereocenters. The lowest BCUT2D eigenvalue weighted by atomic mass is 10.0. The minimum absolute atomic E-state index is 0.208.